The van der Waals surface area contributed by atoms with Crippen LogP contribution in [-0.4, -0.2) is 11.0 Å². The number of hydrogen-bond acceptors (Lipinski definition) is 2. The van der Waals surface area contributed by atoms with E-state index >= 15 is 0 Å². The van der Waals surface area contributed by atoms with Crippen LogP contribution < -0.4 is 5.73 Å². The van der Waals surface area contributed by atoms with Gasteiger partial charge in [0, 0.05) is 23.9 Å². The molecule has 0 aliphatic rings. The van der Waals surface area contributed by atoms with E-state index in [0.29, 0.717) is 5.92 Å². The van der Waals surface area contributed by atoms with E-state index in [9.17, 15) is 0 Å². The van der Waals surface area contributed by atoms with Gasteiger partial charge in [-0.25, -0.2) is 0 Å². The Morgan fingerprint density at radius 1 is 1.42 bits per heavy atom. The minimum absolute atomic E-state index is 0.166. The van der Waals surface area contributed by atoms with Crippen LogP contribution >= 0.6 is 0 Å². The van der Waals surface area contributed by atoms with Crippen molar-refractivity contribution in [2.45, 2.75) is 32.7 Å². The second kappa shape index (κ2) is 3.68. The monoisotopic (exact) mass is 164 g/mol. The summed E-state index contributed by atoms with van der Waals surface area (Å²) in [4.78, 5) is 4.28. The van der Waals surface area contributed by atoms with Crippen LogP contribution in [0.3, 0.4) is 0 Å². The zero-order chi connectivity index (χ0) is 9.14. The minimum atomic E-state index is 0.166. The van der Waals surface area contributed by atoms with Crippen LogP contribution in [0, 0.1) is 6.92 Å². The normalized spacial score (nSPS) is 15.7. The number of aromatic nitrogens is 1. The lowest BCUT2D eigenvalue weighted by atomic mass is 9.99. The van der Waals surface area contributed by atoms with Crippen LogP contribution in [0.25, 0.3) is 0 Å². The number of hydrogen-bond donors (Lipinski definition) is 1. The van der Waals surface area contributed by atoms with Gasteiger partial charge in [-0.2, -0.15) is 0 Å². The SMILES string of the molecule is Cc1ccnc(C(C)C(C)N)c1. The van der Waals surface area contributed by atoms with Gasteiger partial charge >= 0.3 is 0 Å². The van der Waals surface area contributed by atoms with E-state index in [-0.39, 0.29) is 6.04 Å². The highest BCUT2D eigenvalue weighted by molar-refractivity contribution is 5.18. The van der Waals surface area contributed by atoms with Crippen molar-refractivity contribution < 1.29 is 0 Å². The highest BCUT2D eigenvalue weighted by Gasteiger charge is 2.10. The summed E-state index contributed by atoms with van der Waals surface area (Å²) >= 11 is 0. The maximum atomic E-state index is 5.78. The Morgan fingerprint density at radius 3 is 2.58 bits per heavy atom. The summed E-state index contributed by atoms with van der Waals surface area (Å²) in [6, 6.07) is 4.25. The van der Waals surface area contributed by atoms with Crippen LogP contribution in [0.4, 0.5) is 0 Å². The summed E-state index contributed by atoms with van der Waals surface area (Å²) in [5, 5.41) is 0. The molecule has 2 nitrogen and oxygen atoms in total. The highest BCUT2D eigenvalue weighted by Crippen LogP contribution is 2.15. The van der Waals surface area contributed by atoms with E-state index in [2.05, 4.69) is 24.9 Å². The van der Waals surface area contributed by atoms with E-state index in [1.165, 1.54) is 5.56 Å². The maximum absolute atomic E-state index is 5.78. The molecule has 2 unspecified atom stereocenters. The van der Waals surface area contributed by atoms with Crippen molar-refractivity contribution in [2.24, 2.45) is 5.73 Å². The first-order valence-electron chi connectivity index (χ1n) is 4.29. The lowest BCUT2D eigenvalue weighted by molar-refractivity contribution is 0.598. The molecule has 0 bridgehead atoms. The van der Waals surface area contributed by atoms with Crippen molar-refractivity contribution in [3.63, 3.8) is 0 Å². The number of pyridine rings is 1. The average Bonchev–Trinajstić information content (AvgIpc) is 2.03. The molecule has 2 N–H and O–H groups in total. The molecule has 1 rings (SSSR count). The molecule has 66 valence electrons. The number of nitrogens with two attached hydrogens (primary N) is 1. The third-order valence-electron chi connectivity index (χ3n) is 2.19. The molecule has 0 aromatic carbocycles. The van der Waals surface area contributed by atoms with Crippen LogP contribution in [0.5, 0.6) is 0 Å². The topological polar surface area (TPSA) is 38.9 Å². The predicted octanol–water partition coefficient (Wildman–Crippen LogP) is 1.84. The van der Waals surface area contributed by atoms with Crippen molar-refractivity contribution in [3.8, 4) is 0 Å². The Balaban J connectivity index is 2.88. The second-order valence-electron chi connectivity index (χ2n) is 3.41. The van der Waals surface area contributed by atoms with Crippen LogP contribution in [0.2, 0.25) is 0 Å². The van der Waals surface area contributed by atoms with Gasteiger partial charge < -0.3 is 5.73 Å². The Morgan fingerprint density at radius 2 is 2.08 bits per heavy atom. The molecule has 1 aromatic rings. The van der Waals surface area contributed by atoms with E-state index < -0.39 is 0 Å². The Bertz CT molecular complexity index is 256. The Kier molecular flexibility index (Phi) is 2.82. The summed E-state index contributed by atoms with van der Waals surface area (Å²) in [5.74, 6) is 0.338. The average molecular weight is 164 g/mol. The zero-order valence-corrected chi connectivity index (χ0v) is 7.91. The van der Waals surface area contributed by atoms with Gasteiger partial charge in [0.15, 0.2) is 0 Å². The lowest BCUT2D eigenvalue weighted by Crippen LogP contribution is -2.23. The molecule has 0 saturated carbocycles. The highest BCUT2D eigenvalue weighted by atomic mass is 14.7. The first-order chi connectivity index (χ1) is 5.61. The van der Waals surface area contributed by atoms with Crippen molar-refractivity contribution in [1.29, 1.82) is 0 Å². The first-order valence-corrected chi connectivity index (χ1v) is 4.29. The Labute approximate surface area is 73.8 Å². The van der Waals surface area contributed by atoms with Crippen molar-refractivity contribution in [1.82, 2.24) is 4.98 Å². The summed E-state index contributed by atoms with van der Waals surface area (Å²) in [6.07, 6.45) is 1.84. The number of rotatable bonds is 2. The molecule has 0 spiro atoms. The molecule has 2 heteroatoms. The molecule has 12 heavy (non-hydrogen) atoms. The van der Waals surface area contributed by atoms with Gasteiger partial charge in [0.05, 0.1) is 0 Å². The van der Waals surface area contributed by atoms with E-state index in [0.717, 1.165) is 5.69 Å². The van der Waals surface area contributed by atoms with Crippen LogP contribution in [0.1, 0.15) is 31.0 Å². The molecular formula is C10H16N2. The third kappa shape index (κ3) is 2.05. The molecule has 0 amide bonds. The van der Waals surface area contributed by atoms with Gasteiger partial charge in [0.1, 0.15) is 0 Å². The van der Waals surface area contributed by atoms with E-state index in [1.54, 1.807) is 0 Å². The standard InChI is InChI=1S/C10H16N2/c1-7-4-5-12-10(6-7)8(2)9(3)11/h4-6,8-9H,11H2,1-3H3. The Hall–Kier alpha value is -0.890. The fraction of sp³-hybridized carbons (Fsp3) is 0.500. The van der Waals surface area contributed by atoms with Gasteiger partial charge in [0.2, 0.25) is 0 Å². The number of aryl methyl sites for hydroxylation is 1. The molecule has 1 heterocycles. The van der Waals surface area contributed by atoms with Gasteiger partial charge in [-0.3, -0.25) is 4.98 Å². The zero-order valence-electron chi connectivity index (χ0n) is 7.91. The molecular weight excluding hydrogens is 148 g/mol. The molecule has 1 aromatic heterocycles. The largest absolute Gasteiger partial charge is 0.327 e. The molecule has 0 aliphatic heterocycles. The van der Waals surface area contributed by atoms with Crippen molar-refractivity contribution in [2.75, 3.05) is 0 Å². The fourth-order valence-electron chi connectivity index (χ4n) is 1.08. The molecule has 0 radical (unpaired) electrons. The minimum Gasteiger partial charge on any atom is -0.327 e. The smallest absolute Gasteiger partial charge is 0.0449 e. The summed E-state index contributed by atoms with van der Waals surface area (Å²) in [7, 11) is 0. The van der Waals surface area contributed by atoms with Crippen LogP contribution in [0.15, 0.2) is 18.3 Å². The van der Waals surface area contributed by atoms with Crippen molar-refractivity contribution in [3.05, 3.63) is 29.6 Å². The maximum Gasteiger partial charge on any atom is 0.0449 e. The molecule has 0 saturated heterocycles. The second-order valence-corrected chi connectivity index (χ2v) is 3.41. The first kappa shape index (κ1) is 9.20. The van der Waals surface area contributed by atoms with Gasteiger partial charge in [0.25, 0.3) is 0 Å². The predicted molar refractivity (Wildman–Crippen MR) is 51.0 cm³/mol. The van der Waals surface area contributed by atoms with Gasteiger partial charge in [-0.1, -0.05) is 6.92 Å². The number of nitrogens with zero attached hydrogens (tertiary/aromatic N) is 1. The van der Waals surface area contributed by atoms with Gasteiger partial charge in [-0.15, -0.1) is 0 Å². The van der Waals surface area contributed by atoms with Crippen LogP contribution in [-0.2, 0) is 0 Å². The summed E-state index contributed by atoms with van der Waals surface area (Å²) in [6.45, 7) is 6.18. The summed E-state index contributed by atoms with van der Waals surface area (Å²) < 4.78 is 0. The molecule has 0 aliphatic carbocycles. The van der Waals surface area contributed by atoms with E-state index in [4.69, 9.17) is 5.73 Å². The fourth-order valence-corrected chi connectivity index (χ4v) is 1.08. The summed E-state index contributed by atoms with van der Waals surface area (Å²) in [5.41, 5.74) is 8.11. The quantitative estimate of drug-likeness (QED) is 0.724. The lowest BCUT2D eigenvalue weighted by Gasteiger charge is -2.14. The molecule has 0 fully saturated rings. The third-order valence-corrected chi connectivity index (χ3v) is 2.19. The van der Waals surface area contributed by atoms with Crippen molar-refractivity contribution >= 4 is 0 Å². The van der Waals surface area contributed by atoms with E-state index in [1.807, 2.05) is 19.2 Å². The molecule has 2 atom stereocenters. The van der Waals surface area contributed by atoms with Gasteiger partial charge in [-0.05, 0) is 31.5 Å².